The second kappa shape index (κ2) is 6.29. The molecule has 120 valence electrons. The average Bonchev–Trinajstić information content (AvgIpc) is 3.03. The third kappa shape index (κ3) is 3.21. The number of hydrogen-bond donors (Lipinski definition) is 0. The lowest BCUT2D eigenvalue weighted by Crippen LogP contribution is -2.10. The first kappa shape index (κ1) is 15.9. The molecule has 0 spiro atoms. The molecule has 0 N–H and O–H groups in total. The Morgan fingerprint density at radius 3 is 2.42 bits per heavy atom. The van der Waals surface area contributed by atoms with Crippen molar-refractivity contribution in [2.24, 2.45) is 0 Å². The first-order valence-corrected chi connectivity index (χ1v) is 7.96. The van der Waals surface area contributed by atoms with Gasteiger partial charge in [-0.15, -0.1) is 5.10 Å². The van der Waals surface area contributed by atoms with Crippen molar-refractivity contribution < 1.29 is 0 Å². The molecule has 2 aromatic carbocycles. The second-order valence-corrected chi connectivity index (χ2v) is 6.87. The minimum atomic E-state index is 0.128. The zero-order valence-corrected chi connectivity index (χ0v) is 14.2. The average molecular weight is 316 g/mol. The number of hydrogen-bond acceptors (Lipinski definition) is 3. The van der Waals surface area contributed by atoms with Crippen LogP contribution < -0.4 is 0 Å². The first-order valence-electron chi connectivity index (χ1n) is 7.96. The maximum absolute atomic E-state index is 9.24. The van der Waals surface area contributed by atoms with Gasteiger partial charge in [0.15, 0.2) is 0 Å². The van der Waals surface area contributed by atoms with E-state index in [1.807, 2.05) is 28.9 Å². The van der Waals surface area contributed by atoms with E-state index in [0.29, 0.717) is 12.1 Å². The minimum Gasteiger partial charge on any atom is -0.240 e. The summed E-state index contributed by atoms with van der Waals surface area (Å²) in [5, 5.41) is 17.5. The summed E-state index contributed by atoms with van der Waals surface area (Å²) >= 11 is 0. The van der Waals surface area contributed by atoms with Gasteiger partial charge in [-0.2, -0.15) is 5.26 Å². The zero-order chi connectivity index (χ0) is 17.2. The summed E-state index contributed by atoms with van der Waals surface area (Å²) in [5.74, 6) is 0. The fourth-order valence-corrected chi connectivity index (χ4v) is 2.67. The third-order valence-corrected chi connectivity index (χ3v) is 4.12. The molecule has 0 radical (unpaired) electrons. The first-order chi connectivity index (χ1) is 11.5. The second-order valence-electron chi connectivity index (χ2n) is 6.87. The number of aromatic nitrogens is 3. The molecule has 0 amide bonds. The highest BCUT2D eigenvalue weighted by atomic mass is 15.4. The van der Waals surface area contributed by atoms with E-state index >= 15 is 0 Å². The van der Waals surface area contributed by atoms with Crippen molar-refractivity contribution in [3.05, 3.63) is 71.4 Å². The molecular weight excluding hydrogens is 296 g/mol. The normalized spacial score (nSPS) is 11.2. The van der Waals surface area contributed by atoms with Crippen LogP contribution in [0.5, 0.6) is 0 Å². The predicted molar refractivity (Wildman–Crippen MR) is 94.4 cm³/mol. The van der Waals surface area contributed by atoms with Gasteiger partial charge >= 0.3 is 0 Å². The van der Waals surface area contributed by atoms with Crippen LogP contribution in [-0.4, -0.2) is 15.0 Å². The molecule has 3 rings (SSSR count). The van der Waals surface area contributed by atoms with Crippen LogP contribution in [0.3, 0.4) is 0 Å². The molecule has 1 heterocycles. The predicted octanol–water partition coefficient (Wildman–Crippen LogP) is 4.16. The third-order valence-electron chi connectivity index (χ3n) is 4.12. The van der Waals surface area contributed by atoms with Crippen molar-refractivity contribution in [3.63, 3.8) is 0 Å². The molecule has 1 aromatic heterocycles. The zero-order valence-electron chi connectivity index (χ0n) is 14.2. The molecule has 4 heteroatoms. The Morgan fingerprint density at radius 1 is 1.04 bits per heavy atom. The molecule has 0 aliphatic carbocycles. The summed E-state index contributed by atoms with van der Waals surface area (Å²) in [6.07, 6.45) is 1.76. The number of rotatable bonds is 3. The summed E-state index contributed by atoms with van der Waals surface area (Å²) in [7, 11) is 0. The van der Waals surface area contributed by atoms with Crippen molar-refractivity contribution >= 4 is 0 Å². The Kier molecular flexibility index (Phi) is 4.18. The van der Waals surface area contributed by atoms with E-state index in [2.05, 4.69) is 61.4 Å². The van der Waals surface area contributed by atoms with E-state index in [0.717, 1.165) is 16.8 Å². The van der Waals surface area contributed by atoms with Gasteiger partial charge in [0.1, 0.15) is 0 Å². The summed E-state index contributed by atoms with van der Waals surface area (Å²) in [5.41, 5.74) is 5.05. The van der Waals surface area contributed by atoms with Crippen LogP contribution in [-0.2, 0) is 12.0 Å². The molecule has 0 unspecified atom stereocenters. The molecule has 4 nitrogen and oxygen atoms in total. The van der Waals surface area contributed by atoms with Gasteiger partial charge in [-0.25, -0.2) is 4.68 Å². The summed E-state index contributed by atoms with van der Waals surface area (Å²) in [6, 6.07) is 18.3. The molecule has 0 fully saturated rings. The summed E-state index contributed by atoms with van der Waals surface area (Å²) < 4.78 is 1.84. The molecular formula is C20H20N4. The molecule has 0 aliphatic heterocycles. The van der Waals surface area contributed by atoms with Crippen LogP contribution in [0, 0.1) is 11.3 Å². The fourth-order valence-electron chi connectivity index (χ4n) is 2.67. The standard InChI is InChI=1S/C20H20N4/c1-20(2,3)18-10-8-15(9-11-18)19-13-22-23-24(19)14-17-7-5-4-6-16(17)12-21/h4-11,13H,14H2,1-3H3. The van der Waals surface area contributed by atoms with Gasteiger partial charge in [-0.3, -0.25) is 0 Å². The van der Waals surface area contributed by atoms with E-state index in [9.17, 15) is 5.26 Å². The molecule has 3 aromatic rings. The lowest BCUT2D eigenvalue weighted by Gasteiger charge is -2.19. The van der Waals surface area contributed by atoms with Gasteiger partial charge in [0, 0.05) is 5.56 Å². The molecule has 0 atom stereocenters. The smallest absolute Gasteiger partial charge is 0.0995 e. The Morgan fingerprint density at radius 2 is 1.75 bits per heavy atom. The summed E-state index contributed by atoms with van der Waals surface area (Å²) in [4.78, 5) is 0. The van der Waals surface area contributed by atoms with Crippen molar-refractivity contribution in [2.75, 3.05) is 0 Å². The van der Waals surface area contributed by atoms with E-state index in [-0.39, 0.29) is 5.41 Å². The molecule has 0 aliphatic rings. The highest BCUT2D eigenvalue weighted by molar-refractivity contribution is 5.59. The molecule has 0 saturated carbocycles. The van der Waals surface area contributed by atoms with Gasteiger partial charge < -0.3 is 0 Å². The number of benzene rings is 2. The van der Waals surface area contributed by atoms with E-state index in [1.165, 1.54) is 5.56 Å². The highest BCUT2D eigenvalue weighted by Crippen LogP contribution is 2.26. The lowest BCUT2D eigenvalue weighted by atomic mass is 9.86. The maximum atomic E-state index is 9.24. The number of nitriles is 1. The van der Waals surface area contributed by atoms with Gasteiger partial charge in [0.05, 0.1) is 30.1 Å². The van der Waals surface area contributed by atoms with Crippen LogP contribution in [0.25, 0.3) is 11.3 Å². The minimum absolute atomic E-state index is 0.128. The molecule has 0 saturated heterocycles. The number of nitrogens with zero attached hydrogens (tertiary/aromatic N) is 4. The van der Waals surface area contributed by atoms with Crippen molar-refractivity contribution in [1.29, 1.82) is 5.26 Å². The van der Waals surface area contributed by atoms with Crippen molar-refractivity contribution in [3.8, 4) is 17.3 Å². The SMILES string of the molecule is CC(C)(C)c1ccc(-c2cnnn2Cc2ccccc2C#N)cc1. The Labute approximate surface area is 142 Å². The van der Waals surface area contributed by atoms with Crippen LogP contribution in [0.4, 0.5) is 0 Å². The molecule has 0 bridgehead atoms. The van der Waals surface area contributed by atoms with Crippen molar-refractivity contribution in [2.45, 2.75) is 32.7 Å². The fraction of sp³-hybridized carbons (Fsp3) is 0.250. The maximum Gasteiger partial charge on any atom is 0.0995 e. The Balaban J connectivity index is 1.92. The van der Waals surface area contributed by atoms with Crippen LogP contribution in [0.2, 0.25) is 0 Å². The van der Waals surface area contributed by atoms with Crippen molar-refractivity contribution in [1.82, 2.24) is 15.0 Å². The topological polar surface area (TPSA) is 54.5 Å². The largest absolute Gasteiger partial charge is 0.240 e. The Bertz CT molecular complexity index is 877. The summed E-state index contributed by atoms with van der Waals surface area (Å²) in [6.45, 7) is 7.13. The van der Waals surface area contributed by atoms with Crippen LogP contribution in [0.15, 0.2) is 54.7 Å². The quantitative estimate of drug-likeness (QED) is 0.729. The van der Waals surface area contributed by atoms with Gasteiger partial charge in [0.25, 0.3) is 0 Å². The monoisotopic (exact) mass is 316 g/mol. The van der Waals surface area contributed by atoms with Crippen LogP contribution >= 0.6 is 0 Å². The van der Waals surface area contributed by atoms with E-state index in [4.69, 9.17) is 0 Å². The molecule has 24 heavy (non-hydrogen) atoms. The van der Waals surface area contributed by atoms with E-state index in [1.54, 1.807) is 6.20 Å². The highest BCUT2D eigenvalue weighted by Gasteiger charge is 2.14. The van der Waals surface area contributed by atoms with Gasteiger partial charge in [0.2, 0.25) is 0 Å². The van der Waals surface area contributed by atoms with Gasteiger partial charge in [-0.1, -0.05) is 68.4 Å². The van der Waals surface area contributed by atoms with Crippen LogP contribution in [0.1, 0.15) is 37.5 Å². The Hall–Kier alpha value is -2.93. The van der Waals surface area contributed by atoms with Gasteiger partial charge in [-0.05, 0) is 22.6 Å². The lowest BCUT2D eigenvalue weighted by molar-refractivity contribution is 0.590. The van der Waals surface area contributed by atoms with E-state index < -0.39 is 0 Å².